The van der Waals surface area contributed by atoms with Crippen LogP contribution in [0.1, 0.15) is 10.4 Å². The molecule has 8 nitrogen and oxygen atoms in total. The second-order valence-electron chi connectivity index (χ2n) is 4.47. The summed E-state index contributed by atoms with van der Waals surface area (Å²) in [6, 6.07) is 7.98. The Morgan fingerprint density at radius 2 is 1.64 bits per heavy atom. The third-order valence-electron chi connectivity index (χ3n) is 2.75. The largest absolute Gasteiger partial charge is 0.420 e. The van der Waals surface area contributed by atoms with Gasteiger partial charge in [-0.3, -0.25) is 10.1 Å². The van der Waals surface area contributed by atoms with Crippen LogP contribution in [0.15, 0.2) is 41.4 Å². The van der Waals surface area contributed by atoms with Crippen LogP contribution in [0.5, 0.6) is 5.75 Å². The van der Waals surface area contributed by atoms with E-state index in [-0.39, 0.29) is 45.4 Å². The van der Waals surface area contributed by atoms with E-state index in [0.717, 1.165) is 12.1 Å². The molecule has 4 N–H and O–H groups in total. The van der Waals surface area contributed by atoms with Crippen molar-refractivity contribution in [3.8, 4) is 5.75 Å². The number of carbonyl (C=O) groups excluding carboxylic acids is 1. The van der Waals surface area contributed by atoms with E-state index in [1.165, 1.54) is 24.3 Å². The molecule has 0 aliphatic heterocycles. The van der Waals surface area contributed by atoms with Gasteiger partial charge in [0, 0.05) is 12.1 Å². The van der Waals surface area contributed by atoms with E-state index in [2.05, 4.69) is 4.99 Å². The van der Waals surface area contributed by atoms with Gasteiger partial charge in [-0.1, -0.05) is 23.2 Å². The van der Waals surface area contributed by atoms with Gasteiger partial charge in [0.1, 0.15) is 0 Å². The van der Waals surface area contributed by atoms with Crippen molar-refractivity contribution in [2.45, 2.75) is 0 Å². The summed E-state index contributed by atoms with van der Waals surface area (Å²) < 4.78 is 5.11. The summed E-state index contributed by atoms with van der Waals surface area (Å²) in [5, 5.41) is 10.4. The zero-order valence-electron chi connectivity index (χ0n) is 12.3. The number of nitro benzene ring substituents is 1. The molecule has 0 heterocycles. The average molecular weight is 406 g/mol. The SMILES string of the molecule is Cl.NC(N)=Nc1ccc(C(=O)Oc2c(Cl)cc([N+](=O)[O-])cc2Cl)cc1. The lowest BCUT2D eigenvalue weighted by Gasteiger charge is -2.08. The molecule has 0 aromatic heterocycles. The Bertz CT molecular complexity index is 813. The molecule has 2 aromatic carbocycles. The van der Waals surface area contributed by atoms with Crippen LogP contribution in [0, 0.1) is 10.1 Å². The second kappa shape index (κ2) is 8.52. The Morgan fingerprint density at radius 3 is 2.08 bits per heavy atom. The highest BCUT2D eigenvalue weighted by Crippen LogP contribution is 2.37. The number of nitrogens with two attached hydrogens (primary N) is 2. The van der Waals surface area contributed by atoms with Gasteiger partial charge in [-0.05, 0) is 24.3 Å². The molecule has 25 heavy (non-hydrogen) atoms. The van der Waals surface area contributed by atoms with Crippen molar-refractivity contribution in [3.63, 3.8) is 0 Å². The fraction of sp³-hybridized carbons (Fsp3) is 0. The van der Waals surface area contributed by atoms with Crippen LogP contribution in [-0.2, 0) is 0 Å². The van der Waals surface area contributed by atoms with Gasteiger partial charge in [0.15, 0.2) is 11.7 Å². The number of ether oxygens (including phenoxy) is 1. The van der Waals surface area contributed by atoms with Gasteiger partial charge in [-0.25, -0.2) is 9.79 Å². The van der Waals surface area contributed by atoms with Crippen molar-refractivity contribution in [2.75, 3.05) is 0 Å². The molecule has 0 saturated carbocycles. The van der Waals surface area contributed by atoms with Crippen LogP contribution in [0.25, 0.3) is 0 Å². The van der Waals surface area contributed by atoms with Gasteiger partial charge >= 0.3 is 5.97 Å². The van der Waals surface area contributed by atoms with Crippen LogP contribution in [-0.4, -0.2) is 16.9 Å². The second-order valence-corrected chi connectivity index (χ2v) is 5.28. The first kappa shape index (κ1) is 20.5. The molecule has 132 valence electrons. The number of nitrogens with zero attached hydrogens (tertiary/aromatic N) is 2. The maximum absolute atomic E-state index is 12.1. The van der Waals surface area contributed by atoms with E-state index in [0.29, 0.717) is 5.69 Å². The van der Waals surface area contributed by atoms with Crippen molar-refractivity contribution >= 4 is 58.9 Å². The number of halogens is 3. The van der Waals surface area contributed by atoms with E-state index in [4.69, 9.17) is 39.4 Å². The zero-order valence-corrected chi connectivity index (χ0v) is 14.6. The summed E-state index contributed by atoms with van der Waals surface area (Å²) in [6.45, 7) is 0. The molecule has 0 saturated heterocycles. The topological polar surface area (TPSA) is 134 Å². The minimum atomic E-state index is -0.746. The Hall–Kier alpha value is -2.55. The molecule has 0 radical (unpaired) electrons. The maximum atomic E-state index is 12.1. The van der Waals surface area contributed by atoms with Crippen molar-refractivity contribution < 1.29 is 14.5 Å². The normalized spacial score (nSPS) is 9.68. The fourth-order valence-corrected chi connectivity index (χ4v) is 2.27. The third kappa shape index (κ3) is 5.21. The van der Waals surface area contributed by atoms with Crippen molar-refractivity contribution in [3.05, 3.63) is 62.1 Å². The molecular formula is C14H11Cl3N4O4. The summed E-state index contributed by atoms with van der Waals surface area (Å²) in [5.41, 5.74) is 10.8. The smallest absolute Gasteiger partial charge is 0.343 e. The lowest BCUT2D eigenvalue weighted by molar-refractivity contribution is -0.384. The number of benzene rings is 2. The first-order valence-electron chi connectivity index (χ1n) is 6.33. The molecule has 2 aromatic rings. The van der Waals surface area contributed by atoms with E-state index >= 15 is 0 Å². The number of non-ortho nitro benzene ring substituents is 1. The Kier molecular flexibility index (Phi) is 6.98. The monoisotopic (exact) mass is 404 g/mol. The molecule has 0 aliphatic carbocycles. The Labute approximate surface area is 157 Å². The molecule has 0 bridgehead atoms. The zero-order chi connectivity index (χ0) is 17.9. The first-order valence-corrected chi connectivity index (χ1v) is 7.09. The minimum absolute atomic E-state index is 0. The van der Waals surface area contributed by atoms with Gasteiger partial charge in [-0.15, -0.1) is 12.4 Å². The van der Waals surface area contributed by atoms with Crippen LogP contribution >= 0.6 is 35.6 Å². The molecular weight excluding hydrogens is 395 g/mol. The van der Waals surface area contributed by atoms with E-state index in [9.17, 15) is 14.9 Å². The molecule has 0 unspecified atom stereocenters. The van der Waals surface area contributed by atoms with Crippen molar-refractivity contribution in [2.24, 2.45) is 16.5 Å². The fourth-order valence-electron chi connectivity index (χ4n) is 1.72. The Morgan fingerprint density at radius 1 is 1.12 bits per heavy atom. The van der Waals surface area contributed by atoms with Gasteiger partial charge in [0.25, 0.3) is 5.69 Å². The minimum Gasteiger partial charge on any atom is -0.420 e. The molecule has 11 heteroatoms. The number of aliphatic imine (C=N–C) groups is 1. The van der Waals surface area contributed by atoms with Crippen LogP contribution < -0.4 is 16.2 Å². The maximum Gasteiger partial charge on any atom is 0.343 e. The number of guanidine groups is 1. The standard InChI is InChI=1S/C14H10Cl2N4O4.ClH/c15-10-5-9(20(22)23)6-11(16)12(10)24-13(21)7-1-3-8(4-2-7)19-14(17)18;/h1-6H,(H4,17,18,19);1H. The summed E-state index contributed by atoms with van der Waals surface area (Å²) in [5.74, 6) is -1.03. The average Bonchev–Trinajstić information content (AvgIpc) is 2.50. The predicted octanol–water partition coefficient (Wildman–Crippen LogP) is 3.45. The van der Waals surface area contributed by atoms with Crippen LogP contribution in [0.2, 0.25) is 10.0 Å². The van der Waals surface area contributed by atoms with Crippen LogP contribution in [0.4, 0.5) is 11.4 Å². The summed E-state index contributed by atoms with van der Waals surface area (Å²) >= 11 is 11.8. The first-order chi connectivity index (χ1) is 11.3. The summed E-state index contributed by atoms with van der Waals surface area (Å²) in [7, 11) is 0. The van der Waals surface area contributed by atoms with Crippen LogP contribution in [0.3, 0.4) is 0 Å². The molecule has 0 atom stereocenters. The van der Waals surface area contributed by atoms with Gasteiger partial charge in [0.05, 0.1) is 26.2 Å². The van der Waals surface area contributed by atoms with E-state index in [1.54, 1.807) is 0 Å². The molecule has 0 amide bonds. The summed E-state index contributed by atoms with van der Waals surface area (Å²) in [6.07, 6.45) is 0. The molecule has 0 fully saturated rings. The number of rotatable bonds is 4. The number of hydrogen-bond donors (Lipinski definition) is 2. The lowest BCUT2D eigenvalue weighted by Crippen LogP contribution is -2.21. The third-order valence-corrected chi connectivity index (χ3v) is 3.31. The number of hydrogen-bond acceptors (Lipinski definition) is 5. The quantitative estimate of drug-likeness (QED) is 0.200. The molecule has 0 aliphatic rings. The van der Waals surface area contributed by atoms with Crippen molar-refractivity contribution in [1.29, 1.82) is 0 Å². The van der Waals surface area contributed by atoms with Gasteiger partial charge in [-0.2, -0.15) is 0 Å². The predicted molar refractivity (Wildman–Crippen MR) is 97.2 cm³/mol. The highest BCUT2D eigenvalue weighted by atomic mass is 35.5. The van der Waals surface area contributed by atoms with Gasteiger partial charge in [0.2, 0.25) is 0 Å². The number of esters is 1. The van der Waals surface area contributed by atoms with Gasteiger partial charge < -0.3 is 16.2 Å². The number of carbonyl (C=O) groups is 1. The number of nitro groups is 1. The lowest BCUT2D eigenvalue weighted by atomic mass is 10.2. The van der Waals surface area contributed by atoms with E-state index in [1.807, 2.05) is 0 Å². The highest BCUT2D eigenvalue weighted by Gasteiger charge is 2.19. The summed E-state index contributed by atoms with van der Waals surface area (Å²) in [4.78, 5) is 26.0. The molecule has 0 spiro atoms. The molecule has 2 rings (SSSR count). The Balaban J connectivity index is 0.00000312. The highest BCUT2D eigenvalue weighted by molar-refractivity contribution is 6.37. The van der Waals surface area contributed by atoms with Crippen molar-refractivity contribution in [1.82, 2.24) is 0 Å². The van der Waals surface area contributed by atoms with E-state index < -0.39 is 10.9 Å².